The Hall–Kier alpha value is -2.08. The Kier molecular flexibility index (Phi) is 4.24. The van der Waals surface area contributed by atoms with E-state index >= 15 is 0 Å². The van der Waals surface area contributed by atoms with E-state index in [1.165, 1.54) is 0 Å². The molecule has 0 saturated heterocycles. The van der Waals surface area contributed by atoms with Crippen molar-refractivity contribution in [2.45, 2.75) is 26.3 Å². The Morgan fingerprint density at radius 2 is 2.25 bits per heavy atom. The van der Waals surface area contributed by atoms with Gasteiger partial charge in [-0.25, -0.2) is 0 Å². The van der Waals surface area contributed by atoms with Crippen molar-refractivity contribution < 1.29 is 9.90 Å². The molecule has 2 aromatic rings. The number of nitrogens with two attached hydrogens (primary N) is 1. The first kappa shape index (κ1) is 14.3. The average molecular weight is 276 g/mol. The maximum atomic E-state index is 12.6. The van der Waals surface area contributed by atoms with Gasteiger partial charge in [-0.15, -0.1) is 0 Å². The summed E-state index contributed by atoms with van der Waals surface area (Å²) < 4.78 is 0. The van der Waals surface area contributed by atoms with E-state index in [4.69, 9.17) is 10.8 Å². The number of carbonyl (C=O) groups excluding carboxylic acids is 1. The molecule has 1 aromatic heterocycles. The molecule has 0 saturated carbocycles. The quantitative estimate of drug-likeness (QED) is 0.719. The summed E-state index contributed by atoms with van der Waals surface area (Å²) >= 11 is 0. The van der Waals surface area contributed by atoms with E-state index in [1.54, 1.807) is 17.0 Å². The lowest BCUT2D eigenvalue weighted by Gasteiger charge is -2.25. The number of carbonyl (C=O) groups is 1. The zero-order chi connectivity index (χ0) is 14.7. The third kappa shape index (κ3) is 2.75. The molecule has 6 nitrogen and oxygen atoms in total. The summed E-state index contributed by atoms with van der Waals surface area (Å²) in [5.74, 6) is -0.148. The highest BCUT2D eigenvalue weighted by Gasteiger charge is 2.22. The predicted octanol–water partition coefficient (Wildman–Crippen LogP) is 1.38. The van der Waals surface area contributed by atoms with Crippen LogP contribution in [0.2, 0.25) is 0 Å². The minimum absolute atomic E-state index is 0.0434. The van der Waals surface area contributed by atoms with Gasteiger partial charge < -0.3 is 15.7 Å². The van der Waals surface area contributed by atoms with Gasteiger partial charge >= 0.3 is 0 Å². The van der Waals surface area contributed by atoms with Gasteiger partial charge in [-0.2, -0.15) is 5.10 Å². The molecule has 0 aliphatic heterocycles. The number of hydrogen-bond donors (Lipinski definition) is 3. The van der Waals surface area contributed by atoms with Crippen molar-refractivity contribution in [2.24, 2.45) is 0 Å². The van der Waals surface area contributed by atoms with Crippen LogP contribution in [0.25, 0.3) is 10.9 Å². The Labute approximate surface area is 117 Å². The molecule has 0 spiro atoms. The topological polar surface area (TPSA) is 95.2 Å². The number of aliphatic hydroxyl groups excluding tert-OH is 1. The van der Waals surface area contributed by atoms with Gasteiger partial charge in [0.25, 0.3) is 5.91 Å². The molecule has 2 rings (SSSR count). The molecule has 1 aromatic carbocycles. The van der Waals surface area contributed by atoms with Gasteiger partial charge in [-0.1, -0.05) is 0 Å². The van der Waals surface area contributed by atoms with Crippen molar-refractivity contribution in [3.63, 3.8) is 0 Å². The van der Waals surface area contributed by atoms with Crippen LogP contribution in [0, 0.1) is 0 Å². The number of anilines is 1. The van der Waals surface area contributed by atoms with Gasteiger partial charge in [0.05, 0.1) is 5.52 Å². The molecule has 6 heteroatoms. The zero-order valence-electron chi connectivity index (χ0n) is 11.8. The fourth-order valence-electron chi connectivity index (χ4n) is 2.17. The van der Waals surface area contributed by atoms with Gasteiger partial charge in [0.1, 0.15) is 0 Å². The number of nitrogen functional groups attached to an aromatic ring is 1. The molecule has 0 unspecified atom stereocenters. The van der Waals surface area contributed by atoms with E-state index in [-0.39, 0.29) is 18.6 Å². The Morgan fingerprint density at radius 1 is 1.50 bits per heavy atom. The number of nitrogens with zero attached hydrogens (tertiary/aromatic N) is 2. The molecular weight excluding hydrogens is 256 g/mol. The number of aromatic nitrogens is 2. The van der Waals surface area contributed by atoms with Crippen LogP contribution < -0.4 is 5.73 Å². The Morgan fingerprint density at radius 3 is 2.90 bits per heavy atom. The number of fused-ring (bicyclic) bond motifs is 1. The number of nitrogens with one attached hydrogen (secondary N) is 1. The van der Waals surface area contributed by atoms with Crippen molar-refractivity contribution in [1.82, 2.24) is 15.1 Å². The van der Waals surface area contributed by atoms with Gasteiger partial charge in [-0.05, 0) is 38.5 Å². The molecule has 0 atom stereocenters. The fourth-order valence-corrected chi connectivity index (χ4v) is 2.17. The van der Waals surface area contributed by atoms with Crippen LogP contribution in [-0.4, -0.2) is 45.3 Å². The van der Waals surface area contributed by atoms with Gasteiger partial charge in [-0.3, -0.25) is 9.89 Å². The van der Waals surface area contributed by atoms with Crippen molar-refractivity contribution in [2.75, 3.05) is 18.9 Å². The Balaban J connectivity index is 2.35. The second-order valence-corrected chi connectivity index (χ2v) is 5.05. The summed E-state index contributed by atoms with van der Waals surface area (Å²) in [6.07, 6.45) is 0.550. The number of rotatable bonds is 5. The summed E-state index contributed by atoms with van der Waals surface area (Å²) in [5, 5.41) is 16.6. The number of aliphatic hydroxyl groups is 1. The predicted molar refractivity (Wildman–Crippen MR) is 78.4 cm³/mol. The lowest BCUT2D eigenvalue weighted by molar-refractivity contribution is 0.0689. The fraction of sp³-hybridized carbons (Fsp3) is 0.429. The van der Waals surface area contributed by atoms with E-state index in [0.717, 1.165) is 10.9 Å². The average Bonchev–Trinajstić information content (AvgIpc) is 2.81. The van der Waals surface area contributed by atoms with Crippen LogP contribution in [0.1, 0.15) is 30.8 Å². The lowest BCUT2D eigenvalue weighted by Crippen LogP contribution is -2.38. The van der Waals surface area contributed by atoms with Crippen LogP contribution in [0.15, 0.2) is 18.2 Å². The first-order valence-electron chi connectivity index (χ1n) is 6.70. The number of hydrogen-bond acceptors (Lipinski definition) is 4. The molecule has 0 aliphatic rings. The first-order valence-corrected chi connectivity index (χ1v) is 6.70. The highest BCUT2D eigenvalue weighted by molar-refractivity contribution is 6.05. The second-order valence-electron chi connectivity index (χ2n) is 5.05. The molecule has 1 heterocycles. The molecule has 0 fully saturated rings. The normalized spacial score (nSPS) is 11.2. The second kappa shape index (κ2) is 5.92. The van der Waals surface area contributed by atoms with E-state index in [1.807, 2.05) is 19.9 Å². The number of benzene rings is 1. The highest BCUT2D eigenvalue weighted by atomic mass is 16.3. The van der Waals surface area contributed by atoms with E-state index < -0.39 is 0 Å². The van der Waals surface area contributed by atoms with E-state index in [0.29, 0.717) is 24.3 Å². The summed E-state index contributed by atoms with van der Waals surface area (Å²) in [6, 6.07) is 5.36. The van der Waals surface area contributed by atoms with Crippen molar-refractivity contribution in [1.29, 1.82) is 0 Å². The van der Waals surface area contributed by atoms with Crippen LogP contribution in [0.4, 0.5) is 5.69 Å². The van der Waals surface area contributed by atoms with Crippen LogP contribution in [0.3, 0.4) is 0 Å². The van der Waals surface area contributed by atoms with Crippen LogP contribution in [-0.2, 0) is 0 Å². The molecule has 0 bridgehead atoms. The summed E-state index contributed by atoms with van der Waals surface area (Å²) in [5.41, 5.74) is 7.52. The molecule has 4 N–H and O–H groups in total. The van der Waals surface area contributed by atoms with Crippen molar-refractivity contribution in [3.8, 4) is 0 Å². The molecule has 0 radical (unpaired) electrons. The minimum Gasteiger partial charge on any atom is -0.399 e. The Bertz CT molecular complexity index is 606. The summed E-state index contributed by atoms with van der Waals surface area (Å²) in [4.78, 5) is 14.3. The summed E-state index contributed by atoms with van der Waals surface area (Å²) in [6.45, 7) is 4.45. The smallest absolute Gasteiger partial charge is 0.275 e. The van der Waals surface area contributed by atoms with E-state index in [2.05, 4.69) is 10.2 Å². The van der Waals surface area contributed by atoms with Crippen LogP contribution in [0.5, 0.6) is 0 Å². The van der Waals surface area contributed by atoms with Gasteiger partial charge in [0, 0.05) is 30.3 Å². The van der Waals surface area contributed by atoms with E-state index in [9.17, 15) is 4.79 Å². The largest absolute Gasteiger partial charge is 0.399 e. The molecule has 0 aliphatic carbocycles. The first-order chi connectivity index (χ1) is 9.54. The highest BCUT2D eigenvalue weighted by Crippen LogP contribution is 2.21. The number of aromatic amines is 1. The SMILES string of the molecule is CC(C)N(CCCO)C(=O)c1n[nH]c2ccc(N)cc12. The number of amides is 1. The standard InChI is InChI=1S/C14H20N4O2/c1-9(2)18(6-3-7-19)14(20)13-11-8-10(15)4-5-12(11)16-17-13/h4-5,8-9,19H,3,6-7,15H2,1-2H3,(H,16,17). The maximum Gasteiger partial charge on any atom is 0.275 e. The molecular formula is C14H20N4O2. The minimum atomic E-state index is -0.148. The van der Waals surface area contributed by atoms with Crippen molar-refractivity contribution in [3.05, 3.63) is 23.9 Å². The van der Waals surface area contributed by atoms with Gasteiger partial charge in [0.15, 0.2) is 5.69 Å². The maximum absolute atomic E-state index is 12.6. The molecule has 20 heavy (non-hydrogen) atoms. The summed E-state index contributed by atoms with van der Waals surface area (Å²) in [7, 11) is 0. The van der Waals surface area contributed by atoms with Crippen molar-refractivity contribution >= 4 is 22.5 Å². The molecule has 1 amide bonds. The monoisotopic (exact) mass is 276 g/mol. The van der Waals surface area contributed by atoms with Crippen LogP contribution >= 0.6 is 0 Å². The zero-order valence-corrected chi connectivity index (χ0v) is 11.8. The third-order valence-corrected chi connectivity index (χ3v) is 3.23. The third-order valence-electron chi connectivity index (χ3n) is 3.23. The van der Waals surface area contributed by atoms with Gasteiger partial charge in [0.2, 0.25) is 0 Å². The molecule has 108 valence electrons. The lowest BCUT2D eigenvalue weighted by atomic mass is 10.1. The number of H-pyrrole nitrogens is 1.